The molecule has 0 aliphatic heterocycles. The quantitative estimate of drug-likeness (QED) is 0.324. The Balaban J connectivity index is 1.39. The fourth-order valence-corrected chi connectivity index (χ4v) is 3.26. The van der Waals surface area contributed by atoms with Crippen molar-refractivity contribution >= 4 is 35.2 Å². The molecule has 0 fully saturated rings. The third-order valence-corrected chi connectivity index (χ3v) is 5.17. The lowest BCUT2D eigenvalue weighted by Crippen LogP contribution is -2.44. The Morgan fingerprint density at radius 1 is 1.00 bits per heavy atom. The maximum absolute atomic E-state index is 11.9. The van der Waals surface area contributed by atoms with Crippen LogP contribution in [0.15, 0.2) is 52.1 Å². The monoisotopic (exact) mass is 492 g/mol. The fourth-order valence-electron chi connectivity index (χ4n) is 2.55. The Morgan fingerprint density at radius 2 is 1.73 bits per heavy atom. The second-order valence-corrected chi connectivity index (χ2v) is 7.82. The van der Waals surface area contributed by atoms with Crippen LogP contribution in [0, 0.1) is 0 Å². The van der Waals surface area contributed by atoms with Gasteiger partial charge in [-0.05, 0) is 42.0 Å². The van der Waals surface area contributed by atoms with Crippen molar-refractivity contribution in [3.8, 4) is 17.2 Å². The van der Waals surface area contributed by atoms with Crippen LogP contribution in [-0.4, -0.2) is 48.6 Å². The maximum atomic E-state index is 11.9. The van der Waals surface area contributed by atoms with Crippen LogP contribution in [0.25, 0.3) is 0 Å². The van der Waals surface area contributed by atoms with Gasteiger partial charge in [0, 0.05) is 5.02 Å². The van der Waals surface area contributed by atoms with Gasteiger partial charge < -0.3 is 18.6 Å². The summed E-state index contributed by atoms with van der Waals surface area (Å²) >= 11 is 6.83. The maximum Gasteiger partial charge on any atom is 0.277 e. The van der Waals surface area contributed by atoms with Gasteiger partial charge in [-0.25, -0.2) is 0 Å². The van der Waals surface area contributed by atoms with Crippen molar-refractivity contribution in [2.24, 2.45) is 0 Å². The molecule has 2 aromatic carbocycles. The Labute approximate surface area is 198 Å². The van der Waals surface area contributed by atoms with Gasteiger partial charge >= 0.3 is 0 Å². The second-order valence-electron chi connectivity index (χ2n) is 6.46. The van der Waals surface area contributed by atoms with E-state index in [0.717, 1.165) is 17.3 Å². The topological polar surface area (TPSA) is 125 Å². The summed E-state index contributed by atoms with van der Waals surface area (Å²) in [6.45, 7) is -0.266. The minimum absolute atomic E-state index is 0.0314. The molecule has 33 heavy (non-hydrogen) atoms. The first-order chi connectivity index (χ1) is 16.0. The second kappa shape index (κ2) is 12.0. The van der Waals surface area contributed by atoms with E-state index in [4.69, 9.17) is 30.2 Å². The molecule has 0 spiro atoms. The highest BCUT2D eigenvalue weighted by atomic mass is 35.5. The summed E-state index contributed by atoms with van der Waals surface area (Å²) in [7, 11) is 3.12. The van der Waals surface area contributed by atoms with Crippen molar-refractivity contribution in [2.75, 3.05) is 26.6 Å². The van der Waals surface area contributed by atoms with Crippen molar-refractivity contribution in [3.63, 3.8) is 0 Å². The number of hydrogen-bond donors (Lipinski definition) is 2. The number of carbonyl (C=O) groups excluding carboxylic acids is 2. The van der Waals surface area contributed by atoms with Gasteiger partial charge in [-0.1, -0.05) is 29.4 Å². The molecule has 0 radical (unpaired) electrons. The summed E-state index contributed by atoms with van der Waals surface area (Å²) < 4.78 is 21.4. The highest BCUT2D eigenvalue weighted by Gasteiger charge is 2.13. The summed E-state index contributed by atoms with van der Waals surface area (Å²) in [6, 6.07) is 12.0. The number of carbonyl (C=O) groups is 2. The van der Waals surface area contributed by atoms with Gasteiger partial charge in [0.2, 0.25) is 11.8 Å². The normalized spacial score (nSPS) is 10.4. The number of thioether (sulfide) groups is 1. The SMILES string of the molecule is COc1ccc(Cc2nnc(SCC(=O)NNC(=O)COc3ccc(Cl)cc3)o2)cc1OC. The zero-order chi connectivity index (χ0) is 23.6. The number of nitrogens with one attached hydrogen (secondary N) is 2. The Hall–Kier alpha value is -3.44. The fraction of sp³-hybridized carbons (Fsp3) is 0.238. The van der Waals surface area contributed by atoms with Crippen LogP contribution in [-0.2, 0) is 16.0 Å². The third kappa shape index (κ3) is 7.58. The smallest absolute Gasteiger partial charge is 0.277 e. The molecule has 174 valence electrons. The number of nitrogens with zero attached hydrogens (tertiary/aromatic N) is 2. The minimum Gasteiger partial charge on any atom is -0.493 e. The lowest BCUT2D eigenvalue weighted by atomic mass is 10.1. The van der Waals surface area contributed by atoms with E-state index >= 15 is 0 Å². The third-order valence-electron chi connectivity index (χ3n) is 4.10. The van der Waals surface area contributed by atoms with Crippen LogP contribution in [0.4, 0.5) is 0 Å². The molecule has 0 unspecified atom stereocenters. The summed E-state index contributed by atoms with van der Waals surface area (Å²) in [4.78, 5) is 23.7. The Bertz CT molecular complexity index is 1090. The number of hydrogen-bond acceptors (Lipinski definition) is 9. The summed E-state index contributed by atoms with van der Waals surface area (Å²) in [5.41, 5.74) is 5.46. The lowest BCUT2D eigenvalue weighted by molar-refractivity contribution is -0.128. The molecule has 0 atom stereocenters. The van der Waals surface area contributed by atoms with Crippen molar-refractivity contribution in [2.45, 2.75) is 11.6 Å². The summed E-state index contributed by atoms with van der Waals surface area (Å²) in [5, 5.41) is 8.70. The molecular weight excluding hydrogens is 472 g/mol. The van der Waals surface area contributed by atoms with E-state index in [1.54, 1.807) is 44.6 Å². The van der Waals surface area contributed by atoms with E-state index < -0.39 is 11.8 Å². The molecule has 0 aliphatic carbocycles. The molecule has 0 aliphatic rings. The average molecular weight is 493 g/mol. The molecule has 3 aromatic rings. The molecule has 1 heterocycles. The number of benzene rings is 2. The number of rotatable bonds is 10. The Kier molecular flexibility index (Phi) is 8.79. The highest BCUT2D eigenvalue weighted by Crippen LogP contribution is 2.28. The number of halogens is 1. The molecule has 2 amide bonds. The van der Waals surface area contributed by atoms with Crippen LogP contribution in [0.3, 0.4) is 0 Å². The zero-order valence-corrected chi connectivity index (χ0v) is 19.4. The summed E-state index contributed by atoms with van der Waals surface area (Å²) in [5.74, 6) is 1.10. The van der Waals surface area contributed by atoms with Crippen molar-refractivity contribution in [1.29, 1.82) is 0 Å². The van der Waals surface area contributed by atoms with Gasteiger partial charge in [-0.15, -0.1) is 10.2 Å². The van der Waals surface area contributed by atoms with Crippen LogP contribution < -0.4 is 25.1 Å². The van der Waals surface area contributed by atoms with Gasteiger partial charge in [0.25, 0.3) is 11.1 Å². The molecule has 12 heteroatoms. The molecule has 0 saturated carbocycles. The first-order valence-corrected chi connectivity index (χ1v) is 11.0. The predicted molar refractivity (Wildman–Crippen MR) is 121 cm³/mol. The molecule has 1 aromatic heterocycles. The van der Waals surface area contributed by atoms with E-state index in [0.29, 0.717) is 34.6 Å². The van der Waals surface area contributed by atoms with Gasteiger partial charge in [-0.3, -0.25) is 20.4 Å². The van der Waals surface area contributed by atoms with E-state index in [9.17, 15) is 9.59 Å². The Morgan fingerprint density at radius 3 is 2.45 bits per heavy atom. The first kappa shape index (κ1) is 24.2. The predicted octanol–water partition coefficient (Wildman–Crippen LogP) is 2.65. The van der Waals surface area contributed by atoms with Crippen LogP contribution in [0.5, 0.6) is 17.2 Å². The first-order valence-electron chi connectivity index (χ1n) is 9.59. The van der Waals surface area contributed by atoms with Gasteiger partial charge in [0.05, 0.1) is 26.4 Å². The van der Waals surface area contributed by atoms with E-state index in [1.165, 1.54) is 0 Å². The molecule has 3 rings (SSSR count). The number of methoxy groups -OCH3 is 2. The molecule has 0 saturated heterocycles. The van der Waals surface area contributed by atoms with Crippen LogP contribution in [0.1, 0.15) is 11.5 Å². The van der Waals surface area contributed by atoms with Crippen LogP contribution >= 0.6 is 23.4 Å². The number of ether oxygens (including phenoxy) is 3. The standard InChI is InChI=1S/C21H21ClN4O6S/c1-29-16-8-3-13(9-17(16)30-2)10-20-25-26-21(32-20)33-12-19(28)24-23-18(27)11-31-15-6-4-14(22)5-7-15/h3-9H,10-12H2,1-2H3,(H,23,27)(H,24,28). The molecule has 0 bridgehead atoms. The van der Waals surface area contributed by atoms with Gasteiger partial charge in [0.15, 0.2) is 18.1 Å². The summed E-state index contributed by atoms with van der Waals surface area (Å²) in [6.07, 6.45) is 0.393. The van der Waals surface area contributed by atoms with E-state index in [1.807, 2.05) is 12.1 Å². The lowest BCUT2D eigenvalue weighted by Gasteiger charge is -2.08. The highest BCUT2D eigenvalue weighted by molar-refractivity contribution is 7.99. The van der Waals surface area contributed by atoms with Gasteiger partial charge in [-0.2, -0.15) is 0 Å². The van der Waals surface area contributed by atoms with Crippen molar-refractivity contribution < 1.29 is 28.2 Å². The molecule has 10 nitrogen and oxygen atoms in total. The van der Waals surface area contributed by atoms with Crippen LogP contribution in [0.2, 0.25) is 5.02 Å². The number of amides is 2. The molecule has 2 N–H and O–H groups in total. The average Bonchev–Trinajstić information content (AvgIpc) is 3.28. The van der Waals surface area contributed by atoms with E-state index in [2.05, 4.69) is 21.0 Å². The number of hydrazine groups is 1. The van der Waals surface area contributed by atoms with Gasteiger partial charge in [0.1, 0.15) is 5.75 Å². The number of aromatic nitrogens is 2. The minimum atomic E-state index is -0.515. The van der Waals surface area contributed by atoms with Crippen molar-refractivity contribution in [3.05, 3.63) is 58.9 Å². The molecular formula is C21H21ClN4O6S. The zero-order valence-electron chi connectivity index (χ0n) is 17.8. The largest absolute Gasteiger partial charge is 0.493 e. The van der Waals surface area contributed by atoms with E-state index in [-0.39, 0.29) is 17.6 Å². The van der Waals surface area contributed by atoms with Crippen molar-refractivity contribution in [1.82, 2.24) is 21.0 Å².